The zero-order valence-electron chi connectivity index (χ0n) is 14.3. The number of amides is 2. The average molecular weight is 404 g/mol. The van der Waals surface area contributed by atoms with E-state index in [0.717, 1.165) is 0 Å². The van der Waals surface area contributed by atoms with Gasteiger partial charge in [-0.25, -0.2) is 0 Å². The molecule has 0 spiro atoms. The molecule has 2 amide bonds. The van der Waals surface area contributed by atoms with Crippen LogP contribution in [0.4, 0.5) is 10.5 Å². The molecule has 0 aliphatic carbocycles. The number of imide groups is 1. The molecule has 1 N–H and O–H groups in total. The summed E-state index contributed by atoms with van der Waals surface area (Å²) in [5.41, 5.74) is 0.325. The first-order chi connectivity index (χ1) is 13.3. The summed E-state index contributed by atoms with van der Waals surface area (Å²) < 4.78 is 10.8. The Morgan fingerprint density at radius 1 is 1.36 bits per heavy atom. The Labute approximate surface area is 161 Å². The van der Waals surface area contributed by atoms with Gasteiger partial charge in [-0.1, -0.05) is 0 Å². The van der Waals surface area contributed by atoms with E-state index in [1.807, 2.05) is 0 Å². The largest absolute Gasteiger partial charge is 0.496 e. The van der Waals surface area contributed by atoms with Crippen LogP contribution in [0.3, 0.4) is 0 Å². The number of carbonyl (C=O) groups excluding carboxylic acids is 2. The summed E-state index contributed by atoms with van der Waals surface area (Å²) in [5.74, 6) is -1.20. The number of aliphatic carboxylic acids is 1. The highest BCUT2D eigenvalue weighted by Gasteiger charge is 2.36. The van der Waals surface area contributed by atoms with Crippen LogP contribution in [0.15, 0.2) is 39.7 Å². The van der Waals surface area contributed by atoms with Crippen molar-refractivity contribution >= 4 is 40.6 Å². The molecule has 0 radical (unpaired) electrons. The van der Waals surface area contributed by atoms with Crippen LogP contribution in [0, 0.1) is 10.1 Å². The van der Waals surface area contributed by atoms with Crippen molar-refractivity contribution in [2.45, 2.75) is 0 Å². The molecule has 0 unspecified atom stereocenters. The molecule has 2 heterocycles. The summed E-state index contributed by atoms with van der Waals surface area (Å²) >= 11 is 0.612. The van der Waals surface area contributed by atoms with Gasteiger partial charge < -0.3 is 14.3 Å². The summed E-state index contributed by atoms with van der Waals surface area (Å²) in [5, 5.41) is 19.0. The highest BCUT2D eigenvalue weighted by atomic mass is 32.2. The minimum Gasteiger partial charge on any atom is -0.496 e. The number of non-ortho nitro benzene ring substituents is 1. The number of benzene rings is 1. The molecule has 1 aliphatic heterocycles. The molecule has 1 saturated heterocycles. The first-order valence-electron chi connectivity index (χ1n) is 7.70. The number of thioether (sulfide) groups is 1. The molecule has 1 aromatic carbocycles. The van der Waals surface area contributed by atoms with Crippen molar-refractivity contribution in [3.63, 3.8) is 0 Å². The number of nitro benzene ring substituents is 1. The van der Waals surface area contributed by atoms with E-state index in [1.54, 1.807) is 12.1 Å². The van der Waals surface area contributed by atoms with Crippen LogP contribution in [0.5, 0.6) is 5.75 Å². The topological polar surface area (TPSA) is 140 Å². The van der Waals surface area contributed by atoms with Crippen LogP contribution in [0.2, 0.25) is 0 Å². The van der Waals surface area contributed by atoms with E-state index in [2.05, 4.69) is 0 Å². The van der Waals surface area contributed by atoms with E-state index in [4.69, 9.17) is 14.3 Å². The van der Waals surface area contributed by atoms with E-state index in [1.165, 1.54) is 31.4 Å². The number of hydrogen-bond acceptors (Lipinski definition) is 8. The molecule has 0 bridgehead atoms. The van der Waals surface area contributed by atoms with Gasteiger partial charge in [0.2, 0.25) is 0 Å². The molecule has 1 aromatic heterocycles. The Morgan fingerprint density at radius 3 is 2.75 bits per heavy atom. The lowest BCUT2D eigenvalue weighted by molar-refractivity contribution is -0.384. The molecule has 10 nitrogen and oxygen atoms in total. The van der Waals surface area contributed by atoms with Crippen molar-refractivity contribution in [3.05, 3.63) is 51.1 Å². The Morgan fingerprint density at radius 2 is 2.11 bits per heavy atom. The normalized spacial score (nSPS) is 15.3. The molecule has 2 aromatic rings. The van der Waals surface area contributed by atoms with Crippen LogP contribution in [0.1, 0.15) is 5.76 Å². The van der Waals surface area contributed by atoms with Crippen molar-refractivity contribution in [1.82, 2.24) is 4.90 Å². The first kappa shape index (κ1) is 19.2. The summed E-state index contributed by atoms with van der Waals surface area (Å²) in [6.07, 6.45) is 1.33. The van der Waals surface area contributed by atoms with Crippen LogP contribution < -0.4 is 4.74 Å². The van der Waals surface area contributed by atoms with Crippen LogP contribution >= 0.6 is 11.8 Å². The third-order valence-corrected chi connectivity index (χ3v) is 4.64. The maximum atomic E-state index is 12.2. The third kappa shape index (κ3) is 3.74. The number of hydrogen-bond donors (Lipinski definition) is 1. The fraction of sp³-hybridized carbons (Fsp3) is 0.118. The van der Waals surface area contributed by atoms with Gasteiger partial charge in [-0.05, 0) is 30.0 Å². The maximum absolute atomic E-state index is 12.2. The number of rotatable bonds is 6. The Hall–Kier alpha value is -3.60. The number of nitrogens with zero attached hydrogens (tertiary/aromatic N) is 2. The van der Waals surface area contributed by atoms with Gasteiger partial charge >= 0.3 is 5.97 Å². The Bertz CT molecular complexity index is 1030. The first-order valence-corrected chi connectivity index (χ1v) is 8.51. The maximum Gasteiger partial charge on any atom is 0.323 e. The quantitative estimate of drug-likeness (QED) is 0.437. The minimum absolute atomic E-state index is 0.0304. The number of carbonyl (C=O) groups is 3. The number of carboxylic acid groups (broad SMARTS) is 1. The molecule has 28 heavy (non-hydrogen) atoms. The summed E-state index contributed by atoms with van der Waals surface area (Å²) in [6.45, 7) is -0.717. The minimum atomic E-state index is -1.30. The smallest absolute Gasteiger partial charge is 0.323 e. The van der Waals surface area contributed by atoms with Gasteiger partial charge in [0, 0.05) is 12.1 Å². The monoisotopic (exact) mass is 404 g/mol. The zero-order chi connectivity index (χ0) is 20.4. The molecule has 11 heteroatoms. The van der Waals surface area contributed by atoms with Crippen LogP contribution in [-0.4, -0.2) is 45.7 Å². The van der Waals surface area contributed by atoms with Crippen LogP contribution in [-0.2, 0) is 9.59 Å². The second-order valence-electron chi connectivity index (χ2n) is 5.51. The third-order valence-electron chi connectivity index (χ3n) is 3.73. The molecular weight excluding hydrogens is 392 g/mol. The molecule has 144 valence electrons. The SMILES string of the molecule is COc1cc([N+](=O)[O-])ccc1-c1ccc(/C=C2/SC(=O)N(CC(=O)O)C2=O)o1. The van der Waals surface area contributed by atoms with Gasteiger partial charge in [0.05, 0.1) is 28.6 Å². The van der Waals surface area contributed by atoms with Gasteiger partial charge in [0.15, 0.2) is 0 Å². The zero-order valence-corrected chi connectivity index (χ0v) is 15.1. The average Bonchev–Trinajstić information content (AvgIpc) is 3.21. The Kier molecular flexibility index (Phi) is 5.18. The van der Waals surface area contributed by atoms with Gasteiger partial charge in [-0.15, -0.1) is 0 Å². The van der Waals surface area contributed by atoms with Crippen molar-refractivity contribution < 1.29 is 33.6 Å². The van der Waals surface area contributed by atoms with E-state index in [0.29, 0.717) is 28.0 Å². The van der Waals surface area contributed by atoms with E-state index >= 15 is 0 Å². The predicted molar refractivity (Wildman–Crippen MR) is 97.7 cm³/mol. The van der Waals surface area contributed by atoms with Crippen molar-refractivity contribution in [3.8, 4) is 17.1 Å². The predicted octanol–water partition coefficient (Wildman–Crippen LogP) is 2.98. The fourth-order valence-electron chi connectivity index (χ4n) is 2.47. The molecule has 0 saturated carbocycles. The van der Waals surface area contributed by atoms with Gasteiger partial charge in [-0.2, -0.15) is 0 Å². The summed E-state index contributed by atoms with van der Waals surface area (Å²) in [4.78, 5) is 45.7. The lowest BCUT2D eigenvalue weighted by atomic mass is 10.1. The van der Waals surface area contributed by atoms with Gasteiger partial charge in [0.1, 0.15) is 23.8 Å². The second kappa shape index (κ2) is 7.56. The summed E-state index contributed by atoms with van der Waals surface area (Å²) in [7, 11) is 1.37. The number of furan rings is 1. The van der Waals surface area contributed by atoms with Crippen molar-refractivity contribution in [2.75, 3.05) is 13.7 Å². The lowest BCUT2D eigenvalue weighted by Crippen LogP contribution is -2.33. The Balaban J connectivity index is 1.88. The van der Waals surface area contributed by atoms with E-state index in [9.17, 15) is 24.5 Å². The number of ether oxygens (including phenoxy) is 1. The highest BCUT2D eigenvalue weighted by Crippen LogP contribution is 2.36. The highest BCUT2D eigenvalue weighted by molar-refractivity contribution is 8.18. The number of nitro groups is 1. The summed E-state index contributed by atoms with van der Waals surface area (Å²) in [6, 6.07) is 7.16. The van der Waals surface area contributed by atoms with E-state index in [-0.39, 0.29) is 22.1 Å². The van der Waals surface area contributed by atoms with Crippen molar-refractivity contribution in [2.24, 2.45) is 0 Å². The fourth-order valence-corrected chi connectivity index (χ4v) is 3.29. The molecule has 0 atom stereocenters. The molecular formula is C17H12N2O8S. The molecule has 1 aliphatic rings. The van der Waals surface area contributed by atoms with E-state index < -0.39 is 28.6 Å². The lowest BCUT2D eigenvalue weighted by Gasteiger charge is -2.07. The van der Waals surface area contributed by atoms with Crippen molar-refractivity contribution in [1.29, 1.82) is 0 Å². The standard InChI is InChI=1S/C17H12N2O8S/c1-26-13-6-9(19(24)25)2-4-11(13)12-5-3-10(27-12)7-14-16(22)18(8-15(20)21)17(23)28-14/h2-7H,8H2,1H3,(H,20,21)/b14-7+. The molecule has 3 rings (SSSR count). The van der Waals surface area contributed by atoms with Gasteiger partial charge in [-0.3, -0.25) is 29.4 Å². The van der Waals surface area contributed by atoms with Crippen LogP contribution in [0.25, 0.3) is 17.4 Å². The van der Waals surface area contributed by atoms with Gasteiger partial charge in [0.25, 0.3) is 16.8 Å². The number of methoxy groups -OCH3 is 1. The number of carboxylic acids is 1. The molecule has 1 fully saturated rings. The second-order valence-corrected chi connectivity index (χ2v) is 6.50.